The molecule has 0 bridgehead atoms. The zero-order valence-electron chi connectivity index (χ0n) is 13.7. The van der Waals surface area contributed by atoms with Gasteiger partial charge in [0.25, 0.3) is 0 Å². The van der Waals surface area contributed by atoms with Crippen molar-refractivity contribution in [2.75, 3.05) is 53.6 Å². The highest BCUT2D eigenvalue weighted by molar-refractivity contribution is 5.86. The number of hydrogen-bond donors (Lipinski definition) is 2. The first-order valence-corrected chi connectivity index (χ1v) is 7.85. The summed E-state index contributed by atoms with van der Waals surface area (Å²) in [4.78, 5) is 14.4. The molecule has 0 saturated heterocycles. The molecule has 0 aromatic carbocycles. The first-order chi connectivity index (χ1) is 10.1. The van der Waals surface area contributed by atoms with Gasteiger partial charge in [-0.25, -0.2) is 0 Å². The number of ether oxygens (including phenoxy) is 2. The fraction of sp³-hybridized carbons (Fsp3) is 0.933. The molecule has 1 atom stereocenters. The topological polar surface area (TPSA) is 76.8 Å². The first-order valence-electron chi connectivity index (χ1n) is 7.85. The molecule has 1 unspecified atom stereocenters. The van der Waals surface area contributed by atoms with E-state index in [0.29, 0.717) is 25.7 Å². The number of hydrogen-bond acceptors (Lipinski definition) is 5. The van der Waals surface area contributed by atoms with Gasteiger partial charge in [0.2, 0.25) is 5.91 Å². The van der Waals surface area contributed by atoms with Gasteiger partial charge < -0.3 is 20.5 Å². The van der Waals surface area contributed by atoms with Gasteiger partial charge >= 0.3 is 0 Å². The molecule has 124 valence electrons. The molecule has 1 saturated carbocycles. The molecule has 0 heterocycles. The number of nitrogens with two attached hydrogens (primary N) is 1. The minimum absolute atomic E-state index is 0.238. The lowest BCUT2D eigenvalue weighted by atomic mass is 9.91. The maximum Gasteiger partial charge on any atom is 0.239 e. The van der Waals surface area contributed by atoms with Gasteiger partial charge in [0.05, 0.1) is 13.2 Å². The van der Waals surface area contributed by atoms with E-state index in [0.717, 1.165) is 38.9 Å². The Morgan fingerprint density at radius 1 is 1.29 bits per heavy atom. The van der Waals surface area contributed by atoms with Gasteiger partial charge in [-0.1, -0.05) is 6.92 Å². The molecule has 0 aliphatic heterocycles. The maximum absolute atomic E-state index is 12.2. The second-order valence-corrected chi connectivity index (χ2v) is 5.80. The summed E-state index contributed by atoms with van der Waals surface area (Å²) in [6.07, 6.45) is 3.13. The van der Waals surface area contributed by atoms with Crippen molar-refractivity contribution in [3.05, 3.63) is 0 Å². The molecular formula is C15H31N3O3. The predicted octanol–water partition coefficient (Wildman–Crippen LogP) is 0.215. The summed E-state index contributed by atoms with van der Waals surface area (Å²) in [6, 6.07) is 0. The molecule has 0 aromatic rings. The molecule has 1 aliphatic rings. The number of methoxy groups -OCH3 is 2. The molecular weight excluding hydrogens is 270 g/mol. The second-order valence-electron chi connectivity index (χ2n) is 5.80. The van der Waals surface area contributed by atoms with E-state index in [4.69, 9.17) is 15.2 Å². The summed E-state index contributed by atoms with van der Waals surface area (Å²) in [5.74, 6) is 0.118. The summed E-state index contributed by atoms with van der Waals surface area (Å²) in [5.41, 5.74) is 5.15. The van der Waals surface area contributed by atoms with E-state index < -0.39 is 5.54 Å². The van der Waals surface area contributed by atoms with Crippen LogP contribution in [0, 0.1) is 5.92 Å². The Kier molecular flexibility index (Phi) is 8.18. The van der Waals surface area contributed by atoms with Crippen molar-refractivity contribution in [3.63, 3.8) is 0 Å². The zero-order chi connectivity index (χ0) is 15.7. The molecule has 1 aliphatic carbocycles. The van der Waals surface area contributed by atoms with Crippen LogP contribution in [0.3, 0.4) is 0 Å². The number of carbonyl (C=O) groups is 1. The Labute approximate surface area is 128 Å². The standard InChI is InChI=1S/C15H31N3O3/c1-4-7-17-15(14(16)19,13-5-6-13)12-18(8-10-20-2)9-11-21-3/h13,17H,4-12H2,1-3H3,(H2,16,19). The smallest absolute Gasteiger partial charge is 0.239 e. The summed E-state index contributed by atoms with van der Waals surface area (Å²) in [5, 5.41) is 3.43. The Hall–Kier alpha value is -0.690. The molecule has 6 nitrogen and oxygen atoms in total. The Bertz CT molecular complexity index is 303. The molecule has 1 fully saturated rings. The molecule has 1 amide bonds. The quantitative estimate of drug-likeness (QED) is 0.509. The minimum atomic E-state index is -0.614. The monoisotopic (exact) mass is 301 g/mol. The van der Waals surface area contributed by atoms with Gasteiger partial charge in [-0.3, -0.25) is 9.69 Å². The Morgan fingerprint density at radius 3 is 2.24 bits per heavy atom. The van der Waals surface area contributed by atoms with Crippen LogP contribution in [0.1, 0.15) is 26.2 Å². The van der Waals surface area contributed by atoms with Crippen molar-refractivity contribution < 1.29 is 14.3 Å². The third-order valence-corrected chi connectivity index (χ3v) is 4.10. The predicted molar refractivity (Wildman–Crippen MR) is 83.1 cm³/mol. The highest BCUT2D eigenvalue weighted by Gasteiger charge is 2.50. The Morgan fingerprint density at radius 2 is 1.86 bits per heavy atom. The second kappa shape index (κ2) is 9.35. The van der Waals surface area contributed by atoms with Gasteiger partial charge in [0, 0.05) is 33.9 Å². The molecule has 3 N–H and O–H groups in total. The molecule has 1 rings (SSSR count). The lowest BCUT2D eigenvalue weighted by molar-refractivity contribution is -0.126. The average molecular weight is 301 g/mol. The number of amides is 1. The SMILES string of the molecule is CCCNC(CN(CCOC)CCOC)(C(N)=O)C1CC1. The van der Waals surface area contributed by atoms with Crippen molar-refractivity contribution in [1.82, 2.24) is 10.2 Å². The van der Waals surface area contributed by atoms with Gasteiger partial charge in [0.15, 0.2) is 0 Å². The van der Waals surface area contributed by atoms with Crippen LogP contribution in [0.2, 0.25) is 0 Å². The van der Waals surface area contributed by atoms with E-state index in [1.165, 1.54) is 0 Å². The highest BCUT2D eigenvalue weighted by Crippen LogP contribution is 2.40. The van der Waals surface area contributed by atoms with E-state index in [9.17, 15) is 4.79 Å². The fourth-order valence-electron chi connectivity index (χ4n) is 2.68. The molecule has 0 radical (unpaired) electrons. The van der Waals surface area contributed by atoms with Gasteiger partial charge in [-0.2, -0.15) is 0 Å². The van der Waals surface area contributed by atoms with E-state index in [1.807, 2.05) is 0 Å². The number of nitrogens with one attached hydrogen (secondary N) is 1. The summed E-state index contributed by atoms with van der Waals surface area (Å²) >= 11 is 0. The van der Waals surface area contributed by atoms with Crippen LogP contribution >= 0.6 is 0 Å². The van der Waals surface area contributed by atoms with E-state index >= 15 is 0 Å². The molecule has 0 aromatic heterocycles. The van der Waals surface area contributed by atoms with Crippen LogP contribution in [-0.4, -0.2) is 70.0 Å². The zero-order valence-corrected chi connectivity index (χ0v) is 13.7. The van der Waals surface area contributed by atoms with Crippen molar-refractivity contribution in [1.29, 1.82) is 0 Å². The third kappa shape index (κ3) is 5.54. The van der Waals surface area contributed by atoms with Gasteiger partial charge in [0.1, 0.15) is 5.54 Å². The van der Waals surface area contributed by atoms with Crippen LogP contribution in [0.4, 0.5) is 0 Å². The van der Waals surface area contributed by atoms with Gasteiger partial charge in [-0.05, 0) is 31.7 Å². The van der Waals surface area contributed by atoms with Crippen molar-refractivity contribution in [3.8, 4) is 0 Å². The summed E-state index contributed by atoms with van der Waals surface area (Å²) in [6.45, 7) is 6.35. The van der Waals surface area contributed by atoms with Gasteiger partial charge in [-0.15, -0.1) is 0 Å². The van der Waals surface area contributed by atoms with Crippen LogP contribution in [0.5, 0.6) is 0 Å². The summed E-state index contributed by atoms with van der Waals surface area (Å²) in [7, 11) is 3.37. The highest BCUT2D eigenvalue weighted by atomic mass is 16.5. The first kappa shape index (κ1) is 18.4. The van der Waals surface area contributed by atoms with Crippen LogP contribution in [0.15, 0.2) is 0 Å². The lowest BCUT2D eigenvalue weighted by Crippen LogP contribution is -2.63. The van der Waals surface area contributed by atoms with Crippen LogP contribution < -0.4 is 11.1 Å². The molecule has 0 spiro atoms. The van der Waals surface area contributed by atoms with E-state index in [-0.39, 0.29) is 5.91 Å². The fourth-order valence-corrected chi connectivity index (χ4v) is 2.68. The molecule has 6 heteroatoms. The Balaban J connectivity index is 2.76. The largest absolute Gasteiger partial charge is 0.383 e. The number of nitrogens with zero attached hydrogens (tertiary/aromatic N) is 1. The normalized spacial score (nSPS) is 17.9. The summed E-state index contributed by atoms with van der Waals surface area (Å²) < 4.78 is 10.3. The number of carbonyl (C=O) groups excluding carboxylic acids is 1. The van der Waals surface area contributed by atoms with E-state index in [1.54, 1.807) is 14.2 Å². The van der Waals surface area contributed by atoms with Crippen molar-refractivity contribution >= 4 is 5.91 Å². The van der Waals surface area contributed by atoms with E-state index in [2.05, 4.69) is 17.1 Å². The third-order valence-electron chi connectivity index (χ3n) is 4.10. The van der Waals surface area contributed by atoms with Crippen molar-refractivity contribution in [2.45, 2.75) is 31.7 Å². The van der Waals surface area contributed by atoms with Crippen LogP contribution in [0.25, 0.3) is 0 Å². The van der Waals surface area contributed by atoms with Crippen molar-refractivity contribution in [2.24, 2.45) is 11.7 Å². The maximum atomic E-state index is 12.2. The average Bonchev–Trinajstić information content (AvgIpc) is 3.30. The van der Waals surface area contributed by atoms with Crippen LogP contribution in [-0.2, 0) is 14.3 Å². The lowest BCUT2D eigenvalue weighted by Gasteiger charge is -2.37. The number of primary amides is 1. The number of rotatable bonds is 13. The molecule has 21 heavy (non-hydrogen) atoms. The minimum Gasteiger partial charge on any atom is -0.383 e.